The summed E-state index contributed by atoms with van der Waals surface area (Å²) < 4.78 is 0. The number of carbonyl (C=O) groups is 1. The van der Waals surface area contributed by atoms with Crippen LogP contribution in [0.2, 0.25) is 0 Å². The van der Waals surface area contributed by atoms with E-state index in [2.05, 4.69) is 65.6 Å². The molecule has 0 radical (unpaired) electrons. The molecule has 0 saturated carbocycles. The quantitative estimate of drug-likeness (QED) is 0.439. The molecule has 1 amide bonds. The molecule has 0 spiro atoms. The molecular formula is C26H22N2O. The fourth-order valence-electron chi connectivity index (χ4n) is 4.42. The van der Waals surface area contributed by atoms with Crippen LogP contribution in [-0.4, -0.2) is 29.9 Å². The lowest BCUT2D eigenvalue weighted by Crippen LogP contribution is -2.23. The summed E-state index contributed by atoms with van der Waals surface area (Å²) in [6.45, 7) is 0. The molecule has 3 heteroatoms. The summed E-state index contributed by atoms with van der Waals surface area (Å²) in [5.74, 6) is 0.0797. The molecule has 3 aromatic carbocycles. The van der Waals surface area contributed by atoms with Crippen LogP contribution in [0.3, 0.4) is 0 Å². The second kappa shape index (κ2) is 6.78. The van der Waals surface area contributed by atoms with E-state index >= 15 is 0 Å². The molecule has 1 aliphatic rings. The van der Waals surface area contributed by atoms with Crippen LogP contribution in [0.4, 0.5) is 0 Å². The number of carbonyl (C=O) groups excluding carboxylic acids is 1. The van der Waals surface area contributed by atoms with Crippen molar-refractivity contribution in [1.82, 2.24) is 9.88 Å². The zero-order chi connectivity index (χ0) is 20.0. The van der Waals surface area contributed by atoms with Crippen LogP contribution in [0.1, 0.15) is 33.2 Å². The van der Waals surface area contributed by atoms with Gasteiger partial charge in [-0.2, -0.15) is 0 Å². The van der Waals surface area contributed by atoms with E-state index in [1.165, 1.54) is 16.7 Å². The van der Waals surface area contributed by atoms with Crippen LogP contribution >= 0.6 is 0 Å². The van der Waals surface area contributed by atoms with Crippen molar-refractivity contribution < 1.29 is 4.79 Å². The number of hydrogen-bond donors (Lipinski definition) is 1. The molecule has 3 nitrogen and oxygen atoms in total. The van der Waals surface area contributed by atoms with Crippen LogP contribution in [0.5, 0.6) is 0 Å². The summed E-state index contributed by atoms with van der Waals surface area (Å²) >= 11 is 0. The Kier molecular flexibility index (Phi) is 4.09. The molecule has 1 aromatic heterocycles. The number of hydrogen-bond acceptors (Lipinski definition) is 1. The van der Waals surface area contributed by atoms with E-state index in [0.717, 1.165) is 22.4 Å². The highest BCUT2D eigenvalue weighted by Crippen LogP contribution is 2.52. The van der Waals surface area contributed by atoms with Crippen molar-refractivity contribution in [3.8, 4) is 22.3 Å². The molecule has 5 rings (SSSR count). The number of nitrogens with one attached hydrogen (secondary N) is 1. The SMILES string of the molecule is CN(C)C(=O)c1[nH]c2c(c1-c1ccccc1)-c1ccccc1C2c1ccccc1. The Balaban J connectivity index is 1.84. The van der Waals surface area contributed by atoms with Crippen LogP contribution in [0.25, 0.3) is 22.3 Å². The first-order valence-corrected chi connectivity index (χ1v) is 9.84. The second-order valence-corrected chi connectivity index (χ2v) is 7.66. The number of fused-ring (bicyclic) bond motifs is 3. The van der Waals surface area contributed by atoms with Crippen LogP contribution in [-0.2, 0) is 0 Å². The normalized spacial score (nSPS) is 14.3. The largest absolute Gasteiger partial charge is 0.353 e. The minimum absolute atomic E-state index is 0.0115. The number of H-pyrrole nitrogens is 1. The molecule has 0 fully saturated rings. The van der Waals surface area contributed by atoms with Gasteiger partial charge in [-0.3, -0.25) is 4.79 Å². The summed E-state index contributed by atoms with van der Waals surface area (Å²) in [6, 6.07) is 29.2. The van der Waals surface area contributed by atoms with Crippen molar-refractivity contribution in [2.45, 2.75) is 5.92 Å². The first kappa shape index (κ1) is 17.5. The first-order valence-electron chi connectivity index (χ1n) is 9.84. The molecule has 1 heterocycles. The third kappa shape index (κ3) is 2.70. The molecule has 1 atom stereocenters. The number of aromatic amines is 1. The lowest BCUT2D eigenvalue weighted by molar-refractivity contribution is 0.0823. The summed E-state index contributed by atoms with van der Waals surface area (Å²) in [4.78, 5) is 18.3. The van der Waals surface area contributed by atoms with Gasteiger partial charge in [0.1, 0.15) is 5.69 Å². The predicted octanol–water partition coefficient (Wildman–Crippen LogP) is 5.54. The molecule has 1 unspecified atom stereocenters. The molecular weight excluding hydrogens is 356 g/mol. The maximum Gasteiger partial charge on any atom is 0.270 e. The average Bonchev–Trinajstić information content (AvgIpc) is 3.29. The minimum atomic E-state index is -0.0115. The van der Waals surface area contributed by atoms with Crippen molar-refractivity contribution in [3.63, 3.8) is 0 Å². The summed E-state index contributed by atoms with van der Waals surface area (Å²) in [7, 11) is 3.59. The summed E-state index contributed by atoms with van der Waals surface area (Å²) in [5.41, 5.74) is 8.64. The highest BCUT2D eigenvalue weighted by atomic mass is 16.2. The maximum absolute atomic E-state index is 13.1. The van der Waals surface area contributed by atoms with Crippen LogP contribution in [0, 0.1) is 0 Å². The van der Waals surface area contributed by atoms with E-state index in [1.807, 2.05) is 24.3 Å². The smallest absolute Gasteiger partial charge is 0.270 e. The van der Waals surface area contributed by atoms with E-state index in [9.17, 15) is 4.79 Å². The fraction of sp³-hybridized carbons (Fsp3) is 0.115. The third-order valence-electron chi connectivity index (χ3n) is 5.67. The highest BCUT2D eigenvalue weighted by Gasteiger charge is 2.36. The van der Waals surface area contributed by atoms with Gasteiger partial charge in [-0.15, -0.1) is 0 Å². The van der Waals surface area contributed by atoms with E-state index in [-0.39, 0.29) is 11.8 Å². The monoisotopic (exact) mass is 378 g/mol. The maximum atomic E-state index is 13.1. The zero-order valence-corrected chi connectivity index (χ0v) is 16.5. The zero-order valence-electron chi connectivity index (χ0n) is 16.5. The summed E-state index contributed by atoms with van der Waals surface area (Å²) in [5, 5.41) is 0. The van der Waals surface area contributed by atoms with Crippen molar-refractivity contribution >= 4 is 5.91 Å². The predicted molar refractivity (Wildman–Crippen MR) is 117 cm³/mol. The molecule has 0 aliphatic heterocycles. The van der Waals surface area contributed by atoms with Gasteiger partial charge in [0, 0.05) is 30.9 Å². The molecule has 1 N–H and O–H groups in total. The Labute approximate surface area is 170 Å². The van der Waals surface area contributed by atoms with Gasteiger partial charge in [0.25, 0.3) is 5.91 Å². The molecule has 1 aliphatic carbocycles. The Morgan fingerprint density at radius 2 is 1.41 bits per heavy atom. The van der Waals surface area contributed by atoms with E-state index in [4.69, 9.17) is 0 Å². The number of nitrogens with zero attached hydrogens (tertiary/aromatic N) is 1. The van der Waals surface area contributed by atoms with Gasteiger partial charge in [0.05, 0.1) is 5.92 Å². The Morgan fingerprint density at radius 1 is 0.793 bits per heavy atom. The molecule has 0 saturated heterocycles. The van der Waals surface area contributed by atoms with Gasteiger partial charge in [-0.25, -0.2) is 0 Å². The first-order chi connectivity index (χ1) is 14.2. The third-order valence-corrected chi connectivity index (χ3v) is 5.67. The van der Waals surface area contributed by atoms with Crippen LogP contribution < -0.4 is 0 Å². The Morgan fingerprint density at radius 3 is 2.10 bits per heavy atom. The second-order valence-electron chi connectivity index (χ2n) is 7.66. The lowest BCUT2D eigenvalue weighted by atomic mass is 9.92. The summed E-state index contributed by atoms with van der Waals surface area (Å²) in [6.07, 6.45) is 0. The van der Waals surface area contributed by atoms with Gasteiger partial charge in [0.15, 0.2) is 0 Å². The standard InChI is InChI=1S/C26H22N2O/c1-28(2)26(29)25-22(18-13-7-4-8-14-18)23-20-16-10-9-15-19(20)21(24(23)27-25)17-11-5-3-6-12-17/h3-16,21,27H,1-2H3. The average molecular weight is 378 g/mol. The molecule has 0 bridgehead atoms. The number of rotatable bonds is 3. The van der Waals surface area contributed by atoms with E-state index in [0.29, 0.717) is 5.69 Å². The van der Waals surface area contributed by atoms with Gasteiger partial charge in [0.2, 0.25) is 0 Å². The number of aromatic nitrogens is 1. The fourth-order valence-corrected chi connectivity index (χ4v) is 4.42. The number of benzene rings is 3. The number of amides is 1. The molecule has 4 aromatic rings. The highest BCUT2D eigenvalue weighted by molar-refractivity contribution is 6.06. The van der Waals surface area contributed by atoms with Crippen molar-refractivity contribution in [1.29, 1.82) is 0 Å². The van der Waals surface area contributed by atoms with E-state index in [1.54, 1.807) is 19.0 Å². The van der Waals surface area contributed by atoms with Gasteiger partial charge in [-0.05, 0) is 22.3 Å². The van der Waals surface area contributed by atoms with Gasteiger partial charge < -0.3 is 9.88 Å². The van der Waals surface area contributed by atoms with E-state index < -0.39 is 0 Å². The van der Waals surface area contributed by atoms with Crippen LogP contribution in [0.15, 0.2) is 84.9 Å². The van der Waals surface area contributed by atoms with Crippen molar-refractivity contribution in [3.05, 3.63) is 107 Å². The topological polar surface area (TPSA) is 36.1 Å². The molecule has 142 valence electrons. The van der Waals surface area contributed by atoms with Gasteiger partial charge >= 0.3 is 0 Å². The van der Waals surface area contributed by atoms with Crippen molar-refractivity contribution in [2.75, 3.05) is 14.1 Å². The van der Waals surface area contributed by atoms with Crippen molar-refractivity contribution in [2.24, 2.45) is 0 Å². The molecule has 29 heavy (non-hydrogen) atoms. The lowest BCUT2D eigenvalue weighted by Gasteiger charge is -2.15. The minimum Gasteiger partial charge on any atom is -0.353 e. The van der Waals surface area contributed by atoms with Gasteiger partial charge in [-0.1, -0.05) is 84.9 Å². The Hall–Kier alpha value is -3.59. The Bertz CT molecular complexity index is 1190.